The van der Waals surface area contributed by atoms with E-state index >= 15 is 0 Å². The van der Waals surface area contributed by atoms with Crippen LogP contribution in [0.5, 0.6) is 0 Å². The molecular weight excluding hydrogens is 207 g/mol. The van der Waals surface area contributed by atoms with Gasteiger partial charge < -0.3 is 0 Å². The predicted octanol–water partition coefficient (Wildman–Crippen LogP) is 3.44. The minimum absolute atomic E-state index is 0.133. The first kappa shape index (κ1) is 9.35. The Balaban J connectivity index is 2.37. The van der Waals surface area contributed by atoms with Gasteiger partial charge in [-0.2, -0.15) is 12.6 Å². The van der Waals surface area contributed by atoms with Crippen LogP contribution in [0.15, 0.2) is 18.2 Å². The van der Waals surface area contributed by atoms with E-state index in [-0.39, 0.29) is 16.3 Å². The SMILES string of the molecule is Fc1cc(C2(CS)CC2)ccc1Cl. The van der Waals surface area contributed by atoms with Gasteiger partial charge >= 0.3 is 0 Å². The molecule has 0 bridgehead atoms. The smallest absolute Gasteiger partial charge is 0.142 e. The van der Waals surface area contributed by atoms with Crippen molar-refractivity contribution in [2.45, 2.75) is 18.3 Å². The molecule has 1 aliphatic carbocycles. The van der Waals surface area contributed by atoms with E-state index in [9.17, 15) is 4.39 Å². The molecule has 0 unspecified atom stereocenters. The molecule has 0 amide bonds. The Morgan fingerprint density at radius 2 is 2.15 bits per heavy atom. The molecule has 1 aliphatic rings. The van der Waals surface area contributed by atoms with Crippen LogP contribution >= 0.6 is 24.2 Å². The molecule has 13 heavy (non-hydrogen) atoms. The van der Waals surface area contributed by atoms with Gasteiger partial charge in [-0.1, -0.05) is 17.7 Å². The summed E-state index contributed by atoms with van der Waals surface area (Å²) in [5.74, 6) is 0.459. The van der Waals surface area contributed by atoms with Gasteiger partial charge in [-0.05, 0) is 36.3 Å². The summed E-state index contributed by atoms with van der Waals surface area (Å²) >= 11 is 9.88. The maximum absolute atomic E-state index is 13.1. The standard InChI is InChI=1S/C10H10ClFS/c11-8-2-1-7(5-9(8)12)10(6-13)3-4-10/h1-2,5,13H,3-4,6H2. The molecule has 3 heteroatoms. The molecular formula is C10H10ClFS. The van der Waals surface area contributed by atoms with Crippen LogP contribution < -0.4 is 0 Å². The van der Waals surface area contributed by atoms with Gasteiger partial charge in [-0.15, -0.1) is 0 Å². The molecule has 0 N–H and O–H groups in total. The molecule has 1 fully saturated rings. The Kier molecular flexibility index (Phi) is 2.28. The normalized spacial score (nSPS) is 18.7. The fourth-order valence-corrected chi connectivity index (χ4v) is 2.13. The third-order valence-electron chi connectivity index (χ3n) is 2.69. The minimum atomic E-state index is -0.327. The highest BCUT2D eigenvalue weighted by Crippen LogP contribution is 2.49. The summed E-state index contributed by atoms with van der Waals surface area (Å²) < 4.78 is 13.1. The molecule has 0 saturated heterocycles. The van der Waals surface area contributed by atoms with Crippen molar-refractivity contribution >= 4 is 24.2 Å². The summed E-state index contributed by atoms with van der Waals surface area (Å²) in [5, 5.41) is 0.193. The molecule has 0 spiro atoms. The number of hydrogen-bond acceptors (Lipinski definition) is 1. The van der Waals surface area contributed by atoms with Crippen LogP contribution in [0.2, 0.25) is 5.02 Å². The Hall–Kier alpha value is -0.210. The van der Waals surface area contributed by atoms with Crippen molar-refractivity contribution in [2.24, 2.45) is 0 Å². The Morgan fingerprint density at radius 1 is 1.46 bits per heavy atom. The highest BCUT2D eigenvalue weighted by Gasteiger charge is 2.43. The van der Waals surface area contributed by atoms with Crippen molar-refractivity contribution < 1.29 is 4.39 Å². The third-order valence-corrected chi connectivity index (χ3v) is 3.60. The van der Waals surface area contributed by atoms with Gasteiger partial charge in [0.2, 0.25) is 0 Å². The van der Waals surface area contributed by atoms with Gasteiger partial charge in [-0.3, -0.25) is 0 Å². The largest absolute Gasteiger partial charge is 0.205 e. The quantitative estimate of drug-likeness (QED) is 0.720. The molecule has 0 heterocycles. The summed E-state index contributed by atoms with van der Waals surface area (Å²) in [6.45, 7) is 0. The highest BCUT2D eigenvalue weighted by atomic mass is 35.5. The average Bonchev–Trinajstić information content (AvgIpc) is 2.90. The number of hydrogen-bond donors (Lipinski definition) is 1. The first-order valence-electron chi connectivity index (χ1n) is 4.24. The zero-order chi connectivity index (χ0) is 9.47. The van der Waals surface area contributed by atoms with Crippen molar-refractivity contribution in [2.75, 3.05) is 5.75 Å². The maximum Gasteiger partial charge on any atom is 0.142 e. The van der Waals surface area contributed by atoms with E-state index in [0.29, 0.717) is 0 Å². The first-order valence-corrected chi connectivity index (χ1v) is 5.25. The van der Waals surface area contributed by atoms with E-state index in [1.54, 1.807) is 6.07 Å². The first-order chi connectivity index (χ1) is 6.18. The number of thiol groups is 1. The van der Waals surface area contributed by atoms with E-state index < -0.39 is 0 Å². The van der Waals surface area contributed by atoms with Gasteiger partial charge in [0.25, 0.3) is 0 Å². The van der Waals surface area contributed by atoms with Crippen LogP contribution in [0, 0.1) is 5.82 Å². The highest BCUT2D eigenvalue weighted by molar-refractivity contribution is 7.80. The molecule has 0 nitrogen and oxygen atoms in total. The van der Waals surface area contributed by atoms with Crippen LogP contribution in [-0.2, 0) is 5.41 Å². The molecule has 0 aliphatic heterocycles. The summed E-state index contributed by atoms with van der Waals surface area (Å²) in [4.78, 5) is 0. The van der Waals surface area contributed by atoms with E-state index in [4.69, 9.17) is 11.6 Å². The van der Waals surface area contributed by atoms with Gasteiger partial charge in [-0.25, -0.2) is 4.39 Å². The fourth-order valence-electron chi connectivity index (χ4n) is 1.51. The summed E-state index contributed by atoms with van der Waals surface area (Å²) in [7, 11) is 0. The van der Waals surface area contributed by atoms with Crippen LogP contribution in [0.1, 0.15) is 18.4 Å². The van der Waals surface area contributed by atoms with Crippen LogP contribution in [-0.4, -0.2) is 5.75 Å². The lowest BCUT2D eigenvalue weighted by molar-refractivity contribution is 0.622. The summed E-state index contributed by atoms with van der Waals surface area (Å²) in [6, 6.07) is 5.05. The molecule has 0 atom stereocenters. The third kappa shape index (κ3) is 1.57. The summed E-state index contributed by atoms with van der Waals surface area (Å²) in [5.41, 5.74) is 1.17. The molecule has 1 saturated carbocycles. The average molecular weight is 217 g/mol. The van der Waals surface area contributed by atoms with Crippen molar-refractivity contribution in [3.05, 3.63) is 34.6 Å². The number of benzene rings is 1. The Morgan fingerprint density at radius 3 is 2.62 bits per heavy atom. The van der Waals surface area contributed by atoms with Crippen LogP contribution in [0.3, 0.4) is 0 Å². The lowest BCUT2D eigenvalue weighted by Crippen LogP contribution is -2.08. The molecule has 2 rings (SSSR count). The van der Waals surface area contributed by atoms with Crippen molar-refractivity contribution in [3.63, 3.8) is 0 Å². The van der Waals surface area contributed by atoms with E-state index in [2.05, 4.69) is 12.6 Å². The van der Waals surface area contributed by atoms with Crippen molar-refractivity contribution in [1.29, 1.82) is 0 Å². The monoisotopic (exact) mass is 216 g/mol. The molecule has 1 aromatic carbocycles. The van der Waals surface area contributed by atoms with Crippen LogP contribution in [0.25, 0.3) is 0 Å². The van der Waals surface area contributed by atoms with Gasteiger partial charge in [0, 0.05) is 5.41 Å². The molecule has 0 aromatic heterocycles. The molecule has 70 valence electrons. The predicted molar refractivity (Wildman–Crippen MR) is 56.2 cm³/mol. The zero-order valence-corrected chi connectivity index (χ0v) is 8.71. The minimum Gasteiger partial charge on any atom is -0.205 e. The lowest BCUT2D eigenvalue weighted by Gasteiger charge is -2.12. The lowest BCUT2D eigenvalue weighted by atomic mass is 9.98. The van der Waals surface area contributed by atoms with E-state index in [0.717, 1.165) is 24.2 Å². The van der Waals surface area contributed by atoms with Crippen LogP contribution in [0.4, 0.5) is 4.39 Å². The number of rotatable bonds is 2. The second-order valence-electron chi connectivity index (χ2n) is 3.57. The zero-order valence-electron chi connectivity index (χ0n) is 7.06. The maximum atomic E-state index is 13.1. The fraction of sp³-hybridized carbons (Fsp3) is 0.400. The van der Waals surface area contributed by atoms with Gasteiger partial charge in [0.05, 0.1) is 5.02 Å². The van der Waals surface area contributed by atoms with Gasteiger partial charge in [0.1, 0.15) is 5.82 Å². The van der Waals surface area contributed by atoms with E-state index in [1.165, 1.54) is 6.07 Å². The second kappa shape index (κ2) is 3.18. The Labute approximate surface area is 87.5 Å². The molecule has 1 aromatic rings. The van der Waals surface area contributed by atoms with Gasteiger partial charge in [0.15, 0.2) is 0 Å². The topological polar surface area (TPSA) is 0 Å². The van der Waals surface area contributed by atoms with E-state index in [1.807, 2.05) is 6.07 Å². The second-order valence-corrected chi connectivity index (χ2v) is 4.29. The summed E-state index contributed by atoms with van der Waals surface area (Å²) in [6.07, 6.45) is 2.22. The van der Waals surface area contributed by atoms with Crippen molar-refractivity contribution in [1.82, 2.24) is 0 Å². The molecule has 0 radical (unpaired) electrons. The van der Waals surface area contributed by atoms with Crippen molar-refractivity contribution in [3.8, 4) is 0 Å². The number of halogens is 2. The Bertz CT molecular complexity index is 334.